The number of ether oxygens (including phenoxy) is 3. The maximum Gasteiger partial charge on any atom is 0.337 e. The van der Waals surface area contributed by atoms with E-state index in [0.29, 0.717) is 46.7 Å². The monoisotopic (exact) mass is 461 g/mol. The number of methoxy groups -OCH3 is 2. The molecule has 4 rings (SSSR count). The van der Waals surface area contributed by atoms with Gasteiger partial charge in [0.15, 0.2) is 17.3 Å². The molecule has 0 spiro atoms. The third-order valence-electron chi connectivity index (χ3n) is 6.41. The van der Waals surface area contributed by atoms with Crippen LogP contribution in [-0.2, 0) is 14.3 Å². The Morgan fingerprint density at radius 3 is 2.38 bits per heavy atom. The second-order valence-corrected chi connectivity index (χ2v) is 8.96. The molecule has 2 aliphatic rings. The van der Waals surface area contributed by atoms with Crippen LogP contribution in [0.15, 0.2) is 71.1 Å². The van der Waals surface area contributed by atoms with E-state index in [1.54, 1.807) is 20.3 Å². The lowest BCUT2D eigenvalue weighted by molar-refractivity contribution is -0.143. The highest BCUT2D eigenvalue weighted by Crippen LogP contribution is 2.49. The van der Waals surface area contributed by atoms with E-state index in [2.05, 4.69) is 17.4 Å². The molecule has 0 radical (unpaired) electrons. The summed E-state index contributed by atoms with van der Waals surface area (Å²) >= 11 is 0. The number of hydrogen-bond donors (Lipinski definition) is 1. The van der Waals surface area contributed by atoms with E-state index in [1.807, 2.05) is 51.1 Å². The minimum Gasteiger partial charge on any atom is -0.493 e. The van der Waals surface area contributed by atoms with Gasteiger partial charge in [-0.3, -0.25) is 4.79 Å². The summed E-state index contributed by atoms with van der Waals surface area (Å²) in [6.07, 6.45) is 0.761. The fourth-order valence-electron chi connectivity index (χ4n) is 5.00. The van der Waals surface area contributed by atoms with Gasteiger partial charge in [0, 0.05) is 29.0 Å². The van der Waals surface area contributed by atoms with Crippen molar-refractivity contribution in [1.82, 2.24) is 5.32 Å². The Balaban J connectivity index is 1.88. The Morgan fingerprint density at radius 1 is 1.00 bits per heavy atom. The summed E-state index contributed by atoms with van der Waals surface area (Å²) < 4.78 is 16.8. The Labute approximate surface area is 200 Å². The van der Waals surface area contributed by atoms with Gasteiger partial charge in [0.2, 0.25) is 0 Å². The molecule has 1 N–H and O–H groups in total. The van der Waals surface area contributed by atoms with Crippen LogP contribution >= 0.6 is 0 Å². The second kappa shape index (κ2) is 9.75. The lowest BCUT2D eigenvalue weighted by Gasteiger charge is -2.37. The quantitative estimate of drug-likeness (QED) is 0.609. The topological polar surface area (TPSA) is 73.9 Å². The molecule has 0 amide bonds. The highest BCUT2D eigenvalue weighted by molar-refractivity contribution is 6.04. The minimum absolute atomic E-state index is 0.0137. The van der Waals surface area contributed by atoms with Gasteiger partial charge in [-0.15, -0.1) is 0 Å². The van der Waals surface area contributed by atoms with Crippen LogP contribution in [0, 0.1) is 0 Å². The molecule has 178 valence electrons. The molecule has 2 aromatic carbocycles. The van der Waals surface area contributed by atoms with Crippen molar-refractivity contribution in [3.8, 4) is 11.5 Å². The lowest BCUT2D eigenvalue weighted by atomic mass is 9.71. The number of esters is 1. The van der Waals surface area contributed by atoms with Crippen molar-refractivity contribution >= 4 is 11.8 Å². The summed E-state index contributed by atoms with van der Waals surface area (Å²) in [7, 11) is 3.13. The number of para-hydroxylation sites is 1. The van der Waals surface area contributed by atoms with Gasteiger partial charge in [0.25, 0.3) is 0 Å². The molecule has 1 aliphatic carbocycles. The number of Topliss-reactive ketones (excluding diaryl/α,β-unsaturated/α-hetero) is 1. The molecule has 2 aromatic rings. The Bertz CT molecular complexity index is 1160. The number of carbonyl (C=O) groups is 2. The number of dihydropyridines is 1. The summed E-state index contributed by atoms with van der Waals surface area (Å²) in [6.45, 7) is 5.48. The molecule has 1 aliphatic heterocycles. The van der Waals surface area contributed by atoms with Crippen molar-refractivity contribution < 1.29 is 23.8 Å². The molecule has 0 saturated carbocycles. The molecule has 0 bridgehead atoms. The normalized spacial score (nSPS) is 20.1. The molecule has 2 atom stereocenters. The zero-order chi connectivity index (χ0) is 24.4. The van der Waals surface area contributed by atoms with Crippen molar-refractivity contribution in [2.75, 3.05) is 14.2 Å². The first kappa shape index (κ1) is 23.6. The highest BCUT2D eigenvalue weighted by Gasteiger charge is 2.43. The first-order valence-electron chi connectivity index (χ1n) is 11.6. The molecule has 1 heterocycles. The third-order valence-corrected chi connectivity index (χ3v) is 6.41. The number of nitrogens with one attached hydrogen (secondary N) is 1. The van der Waals surface area contributed by atoms with Gasteiger partial charge in [0.1, 0.15) is 0 Å². The van der Waals surface area contributed by atoms with E-state index in [0.717, 1.165) is 11.3 Å². The van der Waals surface area contributed by atoms with Crippen LogP contribution in [0.5, 0.6) is 11.5 Å². The number of benzene rings is 2. The summed E-state index contributed by atoms with van der Waals surface area (Å²) in [5.74, 6) is 0.0745. The summed E-state index contributed by atoms with van der Waals surface area (Å²) in [5.41, 5.74) is 4.38. The van der Waals surface area contributed by atoms with Crippen LogP contribution in [0.25, 0.3) is 0 Å². The lowest BCUT2D eigenvalue weighted by Crippen LogP contribution is -2.36. The number of carbonyl (C=O) groups excluding carboxylic acids is 2. The largest absolute Gasteiger partial charge is 0.493 e. The van der Waals surface area contributed by atoms with Gasteiger partial charge in [0.05, 0.1) is 31.8 Å². The van der Waals surface area contributed by atoms with Crippen LogP contribution < -0.4 is 14.8 Å². The Hall–Kier alpha value is -3.54. The predicted molar refractivity (Wildman–Crippen MR) is 130 cm³/mol. The van der Waals surface area contributed by atoms with Gasteiger partial charge in [-0.05, 0) is 44.7 Å². The average Bonchev–Trinajstić information content (AvgIpc) is 2.82. The number of hydrogen-bond acceptors (Lipinski definition) is 6. The second-order valence-electron chi connectivity index (χ2n) is 8.96. The van der Waals surface area contributed by atoms with Gasteiger partial charge in [-0.1, -0.05) is 42.5 Å². The van der Waals surface area contributed by atoms with Crippen molar-refractivity contribution in [1.29, 1.82) is 0 Å². The van der Waals surface area contributed by atoms with Crippen LogP contribution in [0.1, 0.15) is 56.6 Å². The summed E-state index contributed by atoms with van der Waals surface area (Å²) in [4.78, 5) is 27.0. The van der Waals surface area contributed by atoms with Crippen LogP contribution in [0.4, 0.5) is 0 Å². The van der Waals surface area contributed by atoms with E-state index in [1.165, 1.54) is 0 Å². The molecule has 0 saturated heterocycles. The van der Waals surface area contributed by atoms with Gasteiger partial charge < -0.3 is 19.5 Å². The van der Waals surface area contributed by atoms with Gasteiger partial charge >= 0.3 is 5.97 Å². The van der Waals surface area contributed by atoms with Crippen molar-refractivity contribution in [2.24, 2.45) is 0 Å². The van der Waals surface area contributed by atoms with E-state index in [4.69, 9.17) is 14.2 Å². The first-order chi connectivity index (χ1) is 16.3. The fraction of sp³-hybridized carbons (Fsp3) is 0.357. The zero-order valence-electron chi connectivity index (χ0n) is 20.3. The van der Waals surface area contributed by atoms with Crippen LogP contribution in [0.2, 0.25) is 0 Å². The Kier molecular flexibility index (Phi) is 6.77. The first-order valence-corrected chi connectivity index (χ1v) is 11.6. The van der Waals surface area contributed by atoms with E-state index >= 15 is 0 Å². The smallest absolute Gasteiger partial charge is 0.337 e. The molecule has 0 unspecified atom stereocenters. The Morgan fingerprint density at radius 2 is 1.74 bits per heavy atom. The number of allylic oxidation sites excluding steroid dienone is 3. The fourth-order valence-corrected chi connectivity index (χ4v) is 5.00. The molecular formula is C28H31NO5. The number of ketones is 1. The highest BCUT2D eigenvalue weighted by atomic mass is 16.5. The molecule has 0 fully saturated rings. The summed E-state index contributed by atoms with van der Waals surface area (Å²) in [6, 6.07) is 15.6. The molecule has 6 heteroatoms. The van der Waals surface area contributed by atoms with Crippen molar-refractivity contribution in [3.63, 3.8) is 0 Å². The van der Waals surface area contributed by atoms with E-state index in [9.17, 15) is 9.59 Å². The standard InChI is InChI=1S/C28H31NO5/c1-16(2)34-28(31)24-17(3)29-21-14-19(18-10-7-6-8-11-18)15-22(30)26(21)25(24)20-12-9-13-23(32-4)27(20)33-5/h6-13,16,19,25,29H,14-15H2,1-5H3/t19-,25-/m1/s1. The third kappa shape index (κ3) is 4.32. The minimum atomic E-state index is -0.614. The molecule has 34 heavy (non-hydrogen) atoms. The van der Waals surface area contributed by atoms with Crippen molar-refractivity contribution in [2.45, 2.75) is 51.6 Å². The van der Waals surface area contributed by atoms with Gasteiger partial charge in [-0.2, -0.15) is 0 Å². The molecule has 6 nitrogen and oxygen atoms in total. The maximum atomic E-state index is 13.7. The average molecular weight is 462 g/mol. The van der Waals surface area contributed by atoms with Crippen LogP contribution in [0.3, 0.4) is 0 Å². The zero-order valence-corrected chi connectivity index (χ0v) is 20.3. The molecular weight excluding hydrogens is 430 g/mol. The van der Waals surface area contributed by atoms with E-state index < -0.39 is 11.9 Å². The van der Waals surface area contributed by atoms with Crippen molar-refractivity contribution in [3.05, 3.63) is 82.2 Å². The predicted octanol–water partition coefficient (Wildman–Crippen LogP) is 5.02. The SMILES string of the molecule is COc1cccc([C@@H]2C(C(=O)OC(C)C)=C(C)NC3=C2C(=O)C[C@H](c2ccccc2)C3)c1OC. The van der Waals surface area contributed by atoms with E-state index in [-0.39, 0.29) is 17.8 Å². The summed E-state index contributed by atoms with van der Waals surface area (Å²) in [5, 5.41) is 3.38. The van der Waals surface area contributed by atoms with Gasteiger partial charge in [-0.25, -0.2) is 4.79 Å². The maximum absolute atomic E-state index is 13.7. The number of rotatable bonds is 6. The molecule has 0 aromatic heterocycles. The van der Waals surface area contributed by atoms with Crippen LogP contribution in [-0.4, -0.2) is 32.1 Å².